The summed E-state index contributed by atoms with van der Waals surface area (Å²) in [6, 6.07) is 14.0. The Balaban J connectivity index is 1.83. The summed E-state index contributed by atoms with van der Waals surface area (Å²) in [6.45, 7) is 0. The molecule has 1 aliphatic heterocycles. The van der Waals surface area contributed by atoms with E-state index in [1.54, 1.807) is 37.4 Å². The summed E-state index contributed by atoms with van der Waals surface area (Å²) in [5, 5.41) is 0. The number of carbonyl (C=O) groups excluding carboxylic acids is 1. The smallest absolute Gasteiger partial charge is 0.257 e. The maximum absolute atomic E-state index is 12.9. The van der Waals surface area contributed by atoms with Gasteiger partial charge >= 0.3 is 0 Å². The zero-order valence-electron chi connectivity index (χ0n) is 13.7. The molecule has 1 atom stereocenters. The molecule has 25 heavy (non-hydrogen) atoms. The highest BCUT2D eigenvalue weighted by Gasteiger charge is 2.33. The van der Waals surface area contributed by atoms with Gasteiger partial charge in [-0.3, -0.25) is 4.79 Å². The number of sulfone groups is 1. The third-order valence-electron chi connectivity index (χ3n) is 4.22. The number of benzene rings is 2. The van der Waals surface area contributed by atoms with Crippen molar-refractivity contribution in [3.8, 4) is 11.5 Å². The van der Waals surface area contributed by atoms with Gasteiger partial charge in [0, 0.05) is 17.6 Å². The van der Waals surface area contributed by atoms with E-state index in [1.807, 2.05) is 18.2 Å². The first kappa shape index (κ1) is 17.9. The predicted octanol–water partition coefficient (Wildman–Crippen LogP) is 3.50. The van der Waals surface area contributed by atoms with Gasteiger partial charge in [0.05, 0.1) is 17.1 Å². The van der Waals surface area contributed by atoms with Gasteiger partial charge in [-0.05, 0) is 36.8 Å². The van der Waals surface area contributed by atoms with Gasteiger partial charge in [0.2, 0.25) is 0 Å². The Bertz CT molecular complexity index is 897. The first-order valence-electron chi connectivity index (χ1n) is 7.86. The normalized spacial score (nSPS) is 18.7. The van der Waals surface area contributed by atoms with Crippen molar-refractivity contribution in [2.45, 2.75) is 12.5 Å². The molecule has 1 fully saturated rings. The predicted molar refractivity (Wildman–Crippen MR) is 99.8 cm³/mol. The SMILES string of the molecule is CN(C(=O)c1ccccc1Oc1cccc(Br)c1)C1CCS(=O)(=O)C1. The number of halogens is 1. The highest BCUT2D eigenvalue weighted by Crippen LogP contribution is 2.29. The van der Waals surface area contributed by atoms with Crippen molar-refractivity contribution < 1.29 is 17.9 Å². The van der Waals surface area contributed by atoms with E-state index >= 15 is 0 Å². The molecule has 3 rings (SSSR count). The summed E-state index contributed by atoms with van der Waals surface area (Å²) < 4.78 is 30.1. The van der Waals surface area contributed by atoms with Gasteiger partial charge < -0.3 is 9.64 Å². The van der Waals surface area contributed by atoms with E-state index in [9.17, 15) is 13.2 Å². The van der Waals surface area contributed by atoms with Crippen LogP contribution in [0.4, 0.5) is 0 Å². The molecule has 132 valence electrons. The van der Waals surface area contributed by atoms with Crippen molar-refractivity contribution in [1.29, 1.82) is 0 Å². The lowest BCUT2D eigenvalue weighted by molar-refractivity contribution is 0.0745. The van der Waals surface area contributed by atoms with Gasteiger partial charge in [0.15, 0.2) is 9.84 Å². The van der Waals surface area contributed by atoms with Gasteiger partial charge in [-0.2, -0.15) is 0 Å². The molecule has 1 heterocycles. The summed E-state index contributed by atoms with van der Waals surface area (Å²) >= 11 is 3.39. The third-order valence-corrected chi connectivity index (χ3v) is 6.46. The Kier molecular flexibility index (Phi) is 5.15. The van der Waals surface area contributed by atoms with Crippen LogP contribution in [0.3, 0.4) is 0 Å². The van der Waals surface area contributed by atoms with Gasteiger partial charge in [-0.15, -0.1) is 0 Å². The van der Waals surface area contributed by atoms with Crippen LogP contribution in [0.15, 0.2) is 53.0 Å². The molecule has 0 saturated carbocycles. The number of hydrogen-bond donors (Lipinski definition) is 0. The van der Waals surface area contributed by atoms with Crippen LogP contribution in [0, 0.1) is 0 Å². The van der Waals surface area contributed by atoms with Crippen LogP contribution >= 0.6 is 15.9 Å². The van der Waals surface area contributed by atoms with E-state index in [0.717, 1.165) is 4.47 Å². The molecular formula is C18H18BrNO4S. The average Bonchev–Trinajstić information content (AvgIpc) is 2.94. The summed E-state index contributed by atoms with van der Waals surface area (Å²) in [5.41, 5.74) is 0.411. The lowest BCUT2D eigenvalue weighted by atomic mass is 10.1. The van der Waals surface area contributed by atoms with E-state index in [-0.39, 0.29) is 23.5 Å². The lowest BCUT2D eigenvalue weighted by Gasteiger charge is -2.24. The van der Waals surface area contributed by atoms with E-state index in [4.69, 9.17) is 4.74 Å². The molecule has 0 radical (unpaired) electrons. The minimum absolute atomic E-state index is 0.0178. The van der Waals surface area contributed by atoms with E-state index < -0.39 is 9.84 Å². The van der Waals surface area contributed by atoms with Crippen LogP contribution < -0.4 is 4.74 Å². The van der Waals surface area contributed by atoms with E-state index in [1.165, 1.54) is 4.90 Å². The Morgan fingerprint density at radius 1 is 1.20 bits per heavy atom. The van der Waals surface area contributed by atoms with Crippen LogP contribution in [0.25, 0.3) is 0 Å². The molecule has 0 bridgehead atoms. The zero-order valence-corrected chi connectivity index (χ0v) is 16.1. The Hall–Kier alpha value is -1.86. The number of para-hydroxylation sites is 1. The number of rotatable bonds is 4. The Morgan fingerprint density at radius 2 is 1.96 bits per heavy atom. The van der Waals surface area contributed by atoms with Crippen LogP contribution in [0.1, 0.15) is 16.8 Å². The van der Waals surface area contributed by atoms with Crippen molar-refractivity contribution >= 4 is 31.7 Å². The summed E-state index contributed by atoms with van der Waals surface area (Å²) in [6.07, 6.45) is 0.471. The second kappa shape index (κ2) is 7.17. The minimum atomic E-state index is -3.05. The van der Waals surface area contributed by atoms with Crippen LogP contribution in [-0.4, -0.2) is 43.8 Å². The van der Waals surface area contributed by atoms with Crippen LogP contribution in [-0.2, 0) is 9.84 Å². The molecule has 7 heteroatoms. The van der Waals surface area contributed by atoms with Crippen molar-refractivity contribution in [3.63, 3.8) is 0 Å². The molecule has 1 unspecified atom stereocenters. The largest absolute Gasteiger partial charge is 0.456 e. The highest BCUT2D eigenvalue weighted by molar-refractivity contribution is 9.10. The summed E-state index contributed by atoms with van der Waals surface area (Å²) in [7, 11) is -1.41. The molecule has 1 amide bonds. The zero-order chi connectivity index (χ0) is 18.0. The van der Waals surface area contributed by atoms with Crippen molar-refractivity contribution in [2.24, 2.45) is 0 Å². The fourth-order valence-electron chi connectivity index (χ4n) is 2.83. The molecular weight excluding hydrogens is 406 g/mol. The van der Waals surface area contributed by atoms with Gasteiger partial charge in [-0.25, -0.2) is 8.42 Å². The van der Waals surface area contributed by atoms with Crippen molar-refractivity contribution in [2.75, 3.05) is 18.6 Å². The Morgan fingerprint density at radius 3 is 2.64 bits per heavy atom. The molecule has 5 nitrogen and oxygen atoms in total. The molecule has 0 aromatic heterocycles. The number of amides is 1. The van der Waals surface area contributed by atoms with Crippen LogP contribution in [0.2, 0.25) is 0 Å². The minimum Gasteiger partial charge on any atom is -0.456 e. The molecule has 1 aliphatic rings. The summed E-state index contributed by atoms with van der Waals surface area (Å²) in [5.74, 6) is 0.960. The third kappa shape index (κ3) is 4.22. The monoisotopic (exact) mass is 423 g/mol. The quantitative estimate of drug-likeness (QED) is 0.754. The number of ether oxygens (including phenoxy) is 1. The first-order chi connectivity index (χ1) is 11.9. The second-order valence-electron chi connectivity index (χ2n) is 6.03. The van der Waals surface area contributed by atoms with Gasteiger partial charge in [-0.1, -0.05) is 34.1 Å². The van der Waals surface area contributed by atoms with E-state index in [0.29, 0.717) is 23.5 Å². The maximum atomic E-state index is 12.9. The molecule has 0 N–H and O–H groups in total. The maximum Gasteiger partial charge on any atom is 0.257 e. The standard InChI is InChI=1S/C18H18BrNO4S/c1-20(14-9-10-25(22,23)12-14)18(21)16-7-2-3-8-17(16)24-15-6-4-5-13(19)11-15/h2-8,11,14H,9-10,12H2,1H3. The first-order valence-corrected chi connectivity index (χ1v) is 10.5. The van der Waals surface area contributed by atoms with Crippen molar-refractivity contribution in [3.05, 3.63) is 58.6 Å². The van der Waals surface area contributed by atoms with Crippen LogP contribution in [0.5, 0.6) is 11.5 Å². The highest BCUT2D eigenvalue weighted by atomic mass is 79.9. The number of nitrogens with zero attached hydrogens (tertiary/aromatic N) is 1. The second-order valence-corrected chi connectivity index (χ2v) is 9.17. The van der Waals surface area contributed by atoms with E-state index in [2.05, 4.69) is 15.9 Å². The van der Waals surface area contributed by atoms with Gasteiger partial charge in [0.25, 0.3) is 5.91 Å². The average molecular weight is 424 g/mol. The molecule has 1 saturated heterocycles. The fraction of sp³-hybridized carbons (Fsp3) is 0.278. The topological polar surface area (TPSA) is 63.7 Å². The van der Waals surface area contributed by atoms with Gasteiger partial charge in [0.1, 0.15) is 11.5 Å². The molecule has 0 spiro atoms. The summed E-state index contributed by atoms with van der Waals surface area (Å²) in [4.78, 5) is 14.4. The lowest BCUT2D eigenvalue weighted by Crippen LogP contribution is -2.37. The molecule has 2 aromatic carbocycles. The van der Waals surface area contributed by atoms with Crippen molar-refractivity contribution in [1.82, 2.24) is 4.90 Å². The molecule has 0 aliphatic carbocycles. The molecule has 2 aromatic rings. The number of hydrogen-bond acceptors (Lipinski definition) is 4. The Labute approximate surface area is 155 Å². The number of carbonyl (C=O) groups is 1. The fourth-order valence-corrected chi connectivity index (χ4v) is 4.98.